The van der Waals surface area contributed by atoms with Gasteiger partial charge in [0.15, 0.2) is 0 Å². The van der Waals surface area contributed by atoms with E-state index in [-0.39, 0.29) is 0 Å². The minimum Gasteiger partial charge on any atom is -0.330 e. The lowest BCUT2D eigenvalue weighted by molar-refractivity contribution is 0.974. The number of nitrogens with two attached hydrogens (primary N) is 1. The number of hydrogen-bond acceptors (Lipinski definition) is 4. The standard InChI is InChI=1S/C10H11N3S/c11-4-1-8-3-6-14-10(8)9-2-5-12-7-13-9/h2-3,5-7H,1,4,11H2. The van der Waals surface area contributed by atoms with Gasteiger partial charge in [0, 0.05) is 6.20 Å². The highest BCUT2D eigenvalue weighted by Gasteiger charge is 2.06. The van der Waals surface area contributed by atoms with Crippen LogP contribution in [0.3, 0.4) is 0 Å². The van der Waals surface area contributed by atoms with E-state index in [0.29, 0.717) is 6.54 Å². The molecule has 2 aromatic rings. The van der Waals surface area contributed by atoms with Gasteiger partial charge in [0.1, 0.15) is 6.33 Å². The molecule has 14 heavy (non-hydrogen) atoms. The minimum atomic E-state index is 0.675. The molecule has 0 aliphatic carbocycles. The van der Waals surface area contributed by atoms with Crippen LogP contribution in [0.1, 0.15) is 5.56 Å². The van der Waals surface area contributed by atoms with Gasteiger partial charge in [-0.3, -0.25) is 0 Å². The summed E-state index contributed by atoms with van der Waals surface area (Å²) in [5, 5.41) is 2.07. The molecule has 0 radical (unpaired) electrons. The summed E-state index contributed by atoms with van der Waals surface area (Å²) in [6, 6.07) is 4.03. The summed E-state index contributed by atoms with van der Waals surface area (Å²) in [6.45, 7) is 0.675. The fourth-order valence-corrected chi connectivity index (χ4v) is 2.27. The summed E-state index contributed by atoms with van der Waals surface area (Å²) in [7, 11) is 0. The zero-order valence-corrected chi connectivity index (χ0v) is 8.50. The highest BCUT2D eigenvalue weighted by Crippen LogP contribution is 2.27. The second-order valence-corrected chi connectivity index (χ2v) is 3.82. The van der Waals surface area contributed by atoms with Crippen LogP contribution in [0.25, 0.3) is 10.6 Å². The molecule has 0 spiro atoms. The van der Waals surface area contributed by atoms with Crippen molar-refractivity contribution in [3.05, 3.63) is 35.6 Å². The molecule has 0 aromatic carbocycles. The second-order valence-electron chi connectivity index (χ2n) is 2.91. The molecule has 0 unspecified atom stereocenters. The topological polar surface area (TPSA) is 51.8 Å². The van der Waals surface area contributed by atoms with E-state index in [2.05, 4.69) is 21.4 Å². The van der Waals surface area contributed by atoms with Crippen LogP contribution in [0.5, 0.6) is 0 Å². The van der Waals surface area contributed by atoms with Crippen LogP contribution in [0, 0.1) is 0 Å². The lowest BCUT2D eigenvalue weighted by atomic mass is 10.1. The van der Waals surface area contributed by atoms with Crippen molar-refractivity contribution in [1.82, 2.24) is 9.97 Å². The van der Waals surface area contributed by atoms with E-state index in [0.717, 1.165) is 12.1 Å². The van der Waals surface area contributed by atoms with Crippen molar-refractivity contribution in [2.75, 3.05) is 6.54 Å². The smallest absolute Gasteiger partial charge is 0.116 e. The number of thiophene rings is 1. The van der Waals surface area contributed by atoms with Crippen LogP contribution in [0.4, 0.5) is 0 Å². The van der Waals surface area contributed by atoms with Gasteiger partial charge in [-0.25, -0.2) is 9.97 Å². The first-order chi connectivity index (χ1) is 6.92. The van der Waals surface area contributed by atoms with Crippen molar-refractivity contribution in [3.63, 3.8) is 0 Å². The van der Waals surface area contributed by atoms with Gasteiger partial charge in [-0.2, -0.15) is 0 Å². The Morgan fingerprint density at radius 3 is 3.00 bits per heavy atom. The molecule has 3 nitrogen and oxygen atoms in total. The molecule has 4 heteroatoms. The Morgan fingerprint density at radius 1 is 1.36 bits per heavy atom. The van der Waals surface area contributed by atoms with E-state index < -0.39 is 0 Å². The van der Waals surface area contributed by atoms with Gasteiger partial charge in [-0.05, 0) is 36.0 Å². The monoisotopic (exact) mass is 205 g/mol. The molecule has 0 saturated carbocycles. The Balaban J connectivity index is 2.37. The highest BCUT2D eigenvalue weighted by molar-refractivity contribution is 7.13. The molecule has 0 aliphatic rings. The van der Waals surface area contributed by atoms with Crippen molar-refractivity contribution in [2.24, 2.45) is 5.73 Å². The SMILES string of the molecule is NCCc1ccsc1-c1ccncn1. The largest absolute Gasteiger partial charge is 0.330 e. The average molecular weight is 205 g/mol. The number of nitrogens with zero attached hydrogens (tertiary/aromatic N) is 2. The Kier molecular flexibility index (Phi) is 2.86. The Bertz CT molecular complexity index is 397. The normalized spacial score (nSPS) is 10.4. The fraction of sp³-hybridized carbons (Fsp3) is 0.200. The molecule has 0 fully saturated rings. The van der Waals surface area contributed by atoms with E-state index in [1.165, 1.54) is 10.4 Å². The predicted octanol–water partition coefficient (Wildman–Crippen LogP) is 1.71. The van der Waals surface area contributed by atoms with E-state index in [1.54, 1.807) is 23.9 Å². The van der Waals surface area contributed by atoms with E-state index in [1.807, 2.05) is 6.07 Å². The van der Waals surface area contributed by atoms with E-state index in [4.69, 9.17) is 5.73 Å². The van der Waals surface area contributed by atoms with Crippen LogP contribution in [0.2, 0.25) is 0 Å². The lowest BCUT2D eigenvalue weighted by Gasteiger charge is -2.00. The summed E-state index contributed by atoms with van der Waals surface area (Å²) in [6.07, 6.45) is 4.23. The molecular formula is C10H11N3S. The summed E-state index contributed by atoms with van der Waals surface area (Å²) in [5.41, 5.74) is 7.80. The predicted molar refractivity (Wildman–Crippen MR) is 58.1 cm³/mol. The molecule has 2 aromatic heterocycles. The van der Waals surface area contributed by atoms with Crippen LogP contribution >= 0.6 is 11.3 Å². The molecule has 0 atom stereocenters. The van der Waals surface area contributed by atoms with Gasteiger partial charge in [-0.1, -0.05) is 0 Å². The maximum absolute atomic E-state index is 5.54. The molecule has 0 bridgehead atoms. The third-order valence-electron chi connectivity index (χ3n) is 1.98. The summed E-state index contributed by atoms with van der Waals surface area (Å²) < 4.78 is 0. The quantitative estimate of drug-likeness (QED) is 0.829. The van der Waals surface area contributed by atoms with Crippen LogP contribution in [-0.4, -0.2) is 16.5 Å². The molecule has 0 aliphatic heterocycles. The lowest BCUT2D eigenvalue weighted by Crippen LogP contribution is -2.02. The molecule has 0 saturated heterocycles. The maximum Gasteiger partial charge on any atom is 0.116 e. The number of hydrogen-bond donors (Lipinski definition) is 1. The minimum absolute atomic E-state index is 0.675. The van der Waals surface area contributed by atoms with Gasteiger partial charge >= 0.3 is 0 Å². The Hall–Kier alpha value is -1.26. The zero-order chi connectivity index (χ0) is 9.80. The molecule has 72 valence electrons. The van der Waals surface area contributed by atoms with Crippen molar-refractivity contribution in [1.29, 1.82) is 0 Å². The molecule has 0 amide bonds. The van der Waals surface area contributed by atoms with Crippen LogP contribution in [0.15, 0.2) is 30.0 Å². The molecule has 2 N–H and O–H groups in total. The summed E-state index contributed by atoms with van der Waals surface area (Å²) >= 11 is 1.70. The average Bonchev–Trinajstić information content (AvgIpc) is 2.68. The van der Waals surface area contributed by atoms with Crippen LogP contribution in [-0.2, 0) is 6.42 Å². The first kappa shape index (κ1) is 9.30. The van der Waals surface area contributed by atoms with Gasteiger partial charge < -0.3 is 5.73 Å². The first-order valence-corrected chi connectivity index (χ1v) is 5.32. The van der Waals surface area contributed by atoms with Crippen LogP contribution < -0.4 is 5.73 Å². The summed E-state index contributed by atoms with van der Waals surface area (Å²) in [4.78, 5) is 9.33. The van der Waals surface area contributed by atoms with E-state index in [9.17, 15) is 0 Å². The van der Waals surface area contributed by atoms with Gasteiger partial charge in [0.05, 0.1) is 10.6 Å². The van der Waals surface area contributed by atoms with Crippen molar-refractivity contribution >= 4 is 11.3 Å². The van der Waals surface area contributed by atoms with Crippen molar-refractivity contribution < 1.29 is 0 Å². The first-order valence-electron chi connectivity index (χ1n) is 4.44. The fourth-order valence-electron chi connectivity index (χ4n) is 1.34. The molecule has 2 rings (SSSR count). The zero-order valence-electron chi connectivity index (χ0n) is 7.68. The number of rotatable bonds is 3. The third kappa shape index (κ3) is 1.81. The van der Waals surface area contributed by atoms with E-state index >= 15 is 0 Å². The maximum atomic E-state index is 5.54. The van der Waals surface area contributed by atoms with Gasteiger partial charge in [0.2, 0.25) is 0 Å². The second kappa shape index (κ2) is 4.30. The van der Waals surface area contributed by atoms with Gasteiger partial charge in [-0.15, -0.1) is 11.3 Å². The Morgan fingerprint density at radius 2 is 2.29 bits per heavy atom. The molecular weight excluding hydrogens is 194 g/mol. The highest BCUT2D eigenvalue weighted by atomic mass is 32.1. The molecule has 2 heterocycles. The van der Waals surface area contributed by atoms with Gasteiger partial charge in [0.25, 0.3) is 0 Å². The number of aromatic nitrogens is 2. The van der Waals surface area contributed by atoms with Crippen molar-refractivity contribution in [3.8, 4) is 10.6 Å². The third-order valence-corrected chi connectivity index (χ3v) is 2.95. The van der Waals surface area contributed by atoms with Crippen molar-refractivity contribution in [2.45, 2.75) is 6.42 Å². The Labute approximate surface area is 86.6 Å². The summed E-state index contributed by atoms with van der Waals surface area (Å²) in [5.74, 6) is 0.